The van der Waals surface area contributed by atoms with Crippen molar-refractivity contribution in [2.45, 2.75) is 34.7 Å². The fourth-order valence-corrected chi connectivity index (χ4v) is 6.84. The Bertz CT molecular complexity index is 1020. The van der Waals surface area contributed by atoms with Crippen molar-refractivity contribution < 1.29 is 24.4 Å². The number of rotatable bonds is 7. The Kier molecular flexibility index (Phi) is 6.15. The third kappa shape index (κ3) is 3.99. The summed E-state index contributed by atoms with van der Waals surface area (Å²) >= 11 is 4.39. The normalized spacial score (nSPS) is 21.4. The zero-order valence-corrected chi connectivity index (χ0v) is 18.8. The van der Waals surface area contributed by atoms with Crippen molar-refractivity contribution in [3.05, 3.63) is 64.3 Å². The SMILES string of the molecule is CSc1ccc[n+](Cc2ccc(SC3=C(C(=O)O)N4C(=O)[C@H]([C@@H](C)O)[C@H]4S3)cc2)c1. The van der Waals surface area contributed by atoms with Gasteiger partial charge in [0.15, 0.2) is 24.6 Å². The van der Waals surface area contributed by atoms with Crippen molar-refractivity contribution >= 4 is 47.2 Å². The topological polar surface area (TPSA) is 81.7 Å². The second-order valence-electron chi connectivity index (χ2n) is 7.09. The Balaban J connectivity index is 1.49. The zero-order chi connectivity index (χ0) is 21.4. The molecule has 2 N–H and O–H groups in total. The molecule has 1 aromatic heterocycles. The number of β-lactam (4-membered cyclic amide) rings is 1. The average Bonchev–Trinajstić information content (AvgIpc) is 3.03. The molecule has 0 saturated carbocycles. The predicted molar refractivity (Wildman–Crippen MR) is 118 cm³/mol. The molecule has 3 heterocycles. The molecule has 3 atom stereocenters. The Labute approximate surface area is 187 Å². The van der Waals surface area contributed by atoms with Crippen LogP contribution >= 0.6 is 35.3 Å². The van der Waals surface area contributed by atoms with Crippen LogP contribution in [0.5, 0.6) is 0 Å². The molecule has 30 heavy (non-hydrogen) atoms. The summed E-state index contributed by atoms with van der Waals surface area (Å²) in [6, 6.07) is 12.1. The summed E-state index contributed by atoms with van der Waals surface area (Å²) in [4.78, 5) is 27.5. The van der Waals surface area contributed by atoms with E-state index in [9.17, 15) is 19.8 Å². The van der Waals surface area contributed by atoms with Crippen molar-refractivity contribution in [3.8, 4) is 0 Å². The number of aliphatic hydroxyl groups excluding tert-OH is 1. The Morgan fingerprint density at radius 3 is 2.63 bits per heavy atom. The largest absolute Gasteiger partial charge is 0.477 e. The van der Waals surface area contributed by atoms with Crippen LogP contribution in [0.2, 0.25) is 0 Å². The van der Waals surface area contributed by atoms with E-state index in [1.165, 1.54) is 33.3 Å². The molecule has 0 spiro atoms. The summed E-state index contributed by atoms with van der Waals surface area (Å²) in [6.07, 6.45) is 5.38. The van der Waals surface area contributed by atoms with E-state index < -0.39 is 18.0 Å². The van der Waals surface area contributed by atoms with Crippen LogP contribution < -0.4 is 4.57 Å². The van der Waals surface area contributed by atoms with Gasteiger partial charge in [-0.05, 0) is 31.4 Å². The summed E-state index contributed by atoms with van der Waals surface area (Å²) in [7, 11) is 0. The molecule has 1 amide bonds. The van der Waals surface area contributed by atoms with Gasteiger partial charge in [0.1, 0.15) is 5.37 Å². The maximum absolute atomic E-state index is 12.3. The lowest BCUT2D eigenvalue weighted by Gasteiger charge is -2.43. The molecule has 1 aromatic carbocycles. The summed E-state index contributed by atoms with van der Waals surface area (Å²) in [5.41, 5.74) is 1.16. The first-order valence-electron chi connectivity index (χ1n) is 9.34. The summed E-state index contributed by atoms with van der Waals surface area (Å²) in [5.74, 6) is -2.00. The molecule has 9 heteroatoms. The molecule has 0 unspecified atom stereocenters. The lowest BCUT2D eigenvalue weighted by atomic mass is 9.92. The Morgan fingerprint density at radius 1 is 1.27 bits per heavy atom. The standard InChI is InChI=1S/C21H20N2O4S3/c1-12(24)16-18(25)23-17(20(26)27)21(30-19(16)23)29-14-7-5-13(6-8-14)10-22-9-3-4-15(11-22)28-2/h3-9,11-12,16,19,24H,10H2,1-2H3/p+1/t12-,16+,19-/m1/s1. The van der Waals surface area contributed by atoms with Gasteiger partial charge in [-0.25, -0.2) is 4.79 Å². The quantitative estimate of drug-likeness (QED) is 0.373. The van der Waals surface area contributed by atoms with Crippen molar-refractivity contribution in [2.75, 3.05) is 6.26 Å². The van der Waals surface area contributed by atoms with Crippen LogP contribution in [0.15, 0.2) is 68.5 Å². The van der Waals surface area contributed by atoms with Crippen LogP contribution in [0.3, 0.4) is 0 Å². The van der Waals surface area contributed by atoms with Gasteiger partial charge in [-0.2, -0.15) is 4.57 Å². The molecule has 1 saturated heterocycles. The maximum atomic E-state index is 12.3. The lowest BCUT2D eigenvalue weighted by Crippen LogP contribution is -2.60. The Morgan fingerprint density at radius 2 is 2.00 bits per heavy atom. The minimum atomic E-state index is -1.12. The number of hydrogen-bond acceptors (Lipinski definition) is 6. The number of nitrogens with zero attached hydrogens (tertiary/aromatic N) is 2. The highest BCUT2D eigenvalue weighted by molar-refractivity contribution is 8.22. The van der Waals surface area contributed by atoms with E-state index in [1.807, 2.05) is 42.8 Å². The molecular formula is C21H21N2O4S3+. The first kappa shape index (κ1) is 21.3. The first-order chi connectivity index (χ1) is 14.4. The number of thioether (sulfide) groups is 3. The lowest BCUT2D eigenvalue weighted by molar-refractivity contribution is -0.690. The summed E-state index contributed by atoms with van der Waals surface area (Å²) in [5, 5.41) is 19.1. The molecule has 0 bridgehead atoms. The van der Waals surface area contributed by atoms with Gasteiger partial charge in [-0.1, -0.05) is 35.7 Å². The van der Waals surface area contributed by atoms with Gasteiger partial charge < -0.3 is 10.2 Å². The van der Waals surface area contributed by atoms with E-state index in [-0.39, 0.29) is 17.0 Å². The minimum Gasteiger partial charge on any atom is -0.477 e. The number of aromatic nitrogens is 1. The number of carbonyl (C=O) groups is 2. The number of carboxylic acid groups (broad SMARTS) is 1. The molecule has 2 aliphatic rings. The number of carboxylic acids is 1. The second kappa shape index (κ2) is 8.66. The molecule has 2 aliphatic heterocycles. The van der Waals surface area contributed by atoms with Crippen LogP contribution in [-0.4, -0.2) is 44.7 Å². The molecule has 1 fully saturated rings. The number of fused-ring (bicyclic) bond motifs is 1. The van der Waals surface area contributed by atoms with Crippen molar-refractivity contribution in [1.29, 1.82) is 0 Å². The van der Waals surface area contributed by atoms with Crippen LogP contribution in [0.25, 0.3) is 0 Å². The molecule has 4 rings (SSSR count). The zero-order valence-electron chi connectivity index (χ0n) is 16.4. The highest BCUT2D eigenvalue weighted by Gasteiger charge is 2.57. The van der Waals surface area contributed by atoms with Crippen LogP contribution in [0.1, 0.15) is 12.5 Å². The smallest absolute Gasteiger partial charge is 0.354 e. The van der Waals surface area contributed by atoms with Gasteiger partial charge in [0.2, 0.25) is 5.91 Å². The van der Waals surface area contributed by atoms with E-state index in [1.54, 1.807) is 18.7 Å². The van der Waals surface area contributed by atoms with E-state index in [2.05, 4.69) is 16.8 Å². The number of pyridine rings is 1. The fraction of sp³-hybridized carbons (Fsp3) is 0.286. The van der Waals surface area contributed by atoms with E-state index >= 15 is 0 Å². The maximum Gasteiger partial charge on any atom is 0.354 e. The minimum absolute atomic E-state index is 0.0189. The van der Waals surface area contributed by atoms with Gasteiger partial charge in [-0.3, -0.25) is 9.69 Å². The molecular weight excluding hydrogens is 440 g/mol. The van der Waals surface area contributed by atoms with Crippen molar-refractivity contribution in [3.63, 3.8) is 0 Å². The van der Waals surface area contributed by atoms with Gasteiger partial charge in [0.05, 0.1) is 21.2 Å². The predicted octanol–water partition coefficient (Wildman–Crippen LogP) is 3.00. The first-order valence-corrected chi connectivity index (χ1v) is 12.3. The molecule has 0 aliphatic carbocycles. The van der Waals surface area contributed by atoms with Gasteiger partial charge in [0, 0.05) is 16.5 Å². The number of benzene rings is 1. The fourth-order valence-electron chi connectivity index (χ4n) is 3.52. The van der Waals surface area contributed by atoms with E-state index in [4.69, 9.17) is 0 Å². The van der Waals surface area contributed by atoms with Crippen LogP contribution in [0, 0.1) is 5.92 Å². The number of aliphatic hydroxyl groups is 1. The van der Waals surface area contributed by atoms with Gasteiger partial charge in [-0.15, -0.1) is 11.8 Å². The van der Waals surface area contributed by atoms with Crippen LogP contribution in [0.4, 0.5) is 0 Å². The third-order valence-electron chi connectivity index (χ3n) is 5.03. The molecule has 156 valence electrons. The molecule has 6 nitrogen and oxygen atoms in total. The van der Waals surface area contributed by atoms with Crippen LogP contribution in [-0.2, 0) is 16.1 Å². The van der Waals surface area contributed by atoms with Gasteiger partial charge in [0.25, 0.3) is 0 Å². The van der Waals surface area contributed by atoms with E-state index in [0.717, 1.165) is 17.0 Å². The number of hydrogen-bond donors (Lipinski definition) is 2. The number of amides is 1. The summed E-state index contributed by atoms with van der Waals surface area (Å²) < 4.78 is 2.71. The summed E-state index contributed by atoms with van der Waals surface area (Å²) in [6.45, 7) is 2.31. The van der Waals surface area contributed by atoms with Crippen molar-refractivity contribution in [2.24, 2.45) is 5.92 Å². The third-order valence-corrected chi connectivity index (χ3v) is 8.33. The number of aliphatic carboxylic acids is 1. The molecule has 2 aromatic rings. The Hall–Kier alpha value is -1.94. The van der Waals surface area contributed by atoms with E-state index in [0.29, 0.717) is 4.24 Å². The highest BCUT2D eigenvalue weighted by atomic mass is 32.2. The monoisotopic (exact) mass is 461 g/mol. The number of carbonyl (C=O) groups excluding carboxylic acids is 1. The highest BCUT2D eigenvalue weighted by Crippen LogP contribution is 2.55. The van der Waals surface area contributed by atoms with Crippen molar-refractivity contribution in [1.82, 2.24) is 4.90 Å². The second-order valence-corrected chi connectivity index (χ2v) is 10.4. The molecule has 0 radical (unpaired) electrons. The van der Waals surface area contributed by atoms with Gasteiger partial charge >= 0.3 is 5.97 Å². The average molecular weight is 462 g/mol.